The summed E-state index contributed by atoms with van der Waals surface area (Å²) in [6, 6.07) is 0. The lowest BCUT2D eigenvalue weighted by molar-refractivity contribution is 0.0509. The molecule has 0 spiro atoms. The standard InChI is InChI=1S/C17H27N3O4/c1-5-24-17(23)16-14(9-7-6-8-10-19(3)4)15(13(2)22)18-20(16)11-12-21/h8,10,21H,5-7,9,11-12H2,1-4H3. The van der Waals surface area contributed by atoms with Crippen LogP contribution in [-0.2, 0) is 17.7 Å². The lowest BCUT2D eigenvalue weighted by Crippen LogP contribution is -2.16. The van der Waals surface area contributed by atoms with Gasteiger partial charge in [0.15, 0.2) is 11.5 Å². The second-order valence-corrected chi connectivity index (χ2v) is 5.64. The number of esters is 1. The molecule has 1 N–H and O–H groups in total. The molecule has 1 aromatic heterocycles. The Morgan fingerprint density at radius 2 is 2.08 bits per heavy atom. The molecule has 7 nitrogen and oxygen atoms in total. The van der Waals surface area contributed by atoms with Crippen LogP contribution in [0.5, 0.6) is 0 Å². The molecule has 0 saturated heterocycles. The maximum atomic E-state index is 12.3. The third-order valence-corrected chi connectivity index (χ3v) is 3.37. The number of Topliss-reactive ketones (excluding diaryl/α,β-unsaturated/α-hetero) is 1. The smallest absolute Gasteiger partial charge is 0.356 e. The molecular weight excluding hydrogens is 310 g/mol. The van der Waals surface area contributed by atoms with E-state index in [4.69, 9.17) is 4.74 Å². The number of aromatic nitrogens is 2. The van der Waals surface area contributed by atoms with Crippen molar-refractivity contribution in [2.45, 2.75) is 39.7 Å². The maximum absolute atomic E-state index is 12.3. The largest absolute Gasteiger partial charge is 0.461 e. The van der Waals surface area contributed by atoms with Crippen molar-refractivity contribution in [1.82, 2.24) is 14.7 Å². The third-order valence-electron chi connectivity index (χ3n) is 3.37. The van der Waals surface area contributed by atoms with Gasteiger partial charge in [0.1, 0.15) is 5.69 Å². The number of carbonyl (C=O) groups is 2. The Kier molecular flexibility index (Phi) is 8.18. The van der Waals surface area contributed by atoms with Crippen LogP contribution in [0, 0.1) is 0 Å². The summed E-state index contributed by atoms with van der Waals surface area (Å²) < 4.78 is 6.47. The molecular formula is C17H27N3O4. The van der Waals surface area contributed by atoms with Gasteiger partial charge in [-0.15, -0.1) is 0 Å². The van der Waals surface area contributed by atoms with Gasteiger partial charge in [-0.1, -0.05) is 6.08 Å². The Hall–Kier alpha value is -2.15. The van der Waals surface area contributed by atoms with E-state index < -0.39 is 5.97 Å². The Morgan fingerprint density at radius 1 is 1.38 bits per heavy atom. The molecule has 0 aliphatic heterocycles. The van der Waals surface area contributed by atoms with Crippen molar-refractivity contribution < 1.29 is 19.4 Å². The summed E-state index contributed by atoms with van der Waals surface area (Å²) in [6.45, 7) is 3.37. The number of aliphatic hydroxyl groups excluding tert-OH is 1. The van der Waals surface area contributed by atoms with Crippen LogP contribution < -0.4 is 0 Å². The summed E-state index contributed by atoms with van der Waals surface area (Å²) in [6.07, 6.45) is 6.15. The first-order valence-corrected chi connectivity index (χ1v) is 8.14. The number of allylic oxidation sites excluding steroid dienone is 1. The van der Waals surface area contributed by atoms with Gasteiger partial charge in [0.05, 0.1) is 19.8 Å². The number of ether oxygens (including phenoxy) is 1. The SMILES string of the molecule is CCOC(=O)c1c(CCCC=CN(C)C)c(C(C)=O)nn1CCO. The number of hydrogen-bond donors (Lipinski definition) is 1. The van der Waals surface area contributed by atoms with Crippen LogP contribution in [-0.4, -0.2) is 58.8 Å². The number of nitrogens with zero attached hydrogens (tertiary/aromatic N) is 3. The van der Waals surface area contributed by atoms with Crippen molar-refractivity contribution >= 4 is 11.8 Å². The number of unbranched alkanes of at least 4 members (excludes halogenated alkanes) is 1. The zero-order valence-electron chi connectivity index (χ0n) is 14.9. The predicted molar refractivity (Wildman–Crippen MR) is 91.0 cm³/mol. The quantitative estimate of drug-likeness (QED) is 0.397. The highest BCUT2D eigenvalue weighted by Crippen LogP contribution is 2.20. The van der Waals surface area contributed by atoms with Gasteiger partial charge in [-0.3, -0.25) is 9.48 Å². The van der Waals surface area contributed by atoms with Gasteiger partial charge in [-0.2, -0.15) is 5.10 Å². The van der Waals surface area contributed by atoms with Gasteiger partial charge in [-0.25, -0.2) is 4.79 Å². The molecule has 0 aromatic carbocycles. The predicted octanol–water partition coefficient (Wildman–Crippen LogP) is 1.65. The van der Waals surface area contributed by atoms with Crippen LogP contribution in [0.1, 0.15) is 53.2 Å². The third kappa shape index (κ3) is 5.49. The highest BCUT2D eigenvalue weighted by molar-refractivity contribution is 5.98. The highest BCUT2D eigenvalue weighted by Gasteiger charge is 2.25. The van der Waals surface area contributed by atoms with Gasteiger partial charge in [-0.05, 0) is 32.4 Å². The topological polar surface area (TPSA) is 84.7 Å². The van der Waals surface area contributed by atoms with Crippen molar-refractivity contribution in [2.24, 2.45) is 0 Å². The molecule has 0 aliphatic rings. The summed E-state index contributed by atoms with van der Waals surface area (Å²) >= 11 is 0. The van der Waals surface area contributed by atoms with Crippen LogP contribution in [0.15, 0.2) is 12.3 Å². The van der Waals surface area contributed by atoms with E-state index in [9.17, 15) is 14.7 Å². The molecule has 0 amide bonds. The number of rotatable bonds is 10. The van der Waals surface area contributed by atoms with E-state index >= 15 is 0 Å². The lowest BCUT2D eigenvalue weighted by Gasteiger charge is -2.08. The van der Waals surface area contributed by atoms with Crippen LogP contribution in [0.4, 0.5) is 0 Å². The molecule has 7 heteroatoms. The fourth-order valence-corrected chi connectivity index (χ4v) is 2.39. The Balaban J connectivity index is 3.08. The van der Waals surface area contributed by atoms with Crippen LogP contribution >= 0.6 is 0 Å². The zero-order valence-corrected chi connectivity index (χ0v) is 14.9. The lowest BCUT2D eigenvalue weighted by atomic mass is 10.0. The highest BCUT2D eigenvalue weighted by atomic mass is 16.5. The van der Waals surface area contributed by atoms with E-state index in [0.29, 0.717) is 12.0 Å². The Bertz CT molecular complexity index is 591. The molecule has 1 rings (SSSR count). The molecule has 0 saturated carbocycles. The number of hydrogen-bond acceptors (Lipinski definition) is 6. The van der Waals surface area contributed by atoms with E-state index in [1.165, 1.54) is 11.6 Å². The van der Waals surface area contributed by atoms with E-state index in [1.54, 1.807) is 6.92 Å². The average Bonchev–Trinajstić information content (AvgIpc) is 2.86. The number of carbonyl (C=O) groups excluding carboxylic acids is 2. The zero-order chi connectivity index (χ0) is 18.1. The Labute approximate surface area is 142 Å². The van der Waals surface area contributed by atoms with Crippen LogP contribution in [0.2, 0.25) is 0 Å². The molecule has 1 aromatic rings. The monoisotopic (exact) mass is 337 g/mol. The summed E-state index contributed by atoms with van der Waals surface area (Å²) in [5.41, 5.74) is 1.16. The first-order chi connectivity index (χ1) is 11.4. The van der Waals surface area contributed by atoms with Gasteiger partial charge in [0.2, 0.25) is 0 Å². The molecule has 1 heterocycles. The molecule has 0 radical (unpaired) electrons. The molecule has 0 fully saturated rings. The van der Waals surface area contributed by atoms with Crippen molar-refractivity contribution in [3.63, 3.8) is 0 Å². The van der Waals surface area contributed by atoms with Gasteiger partial charge >= 0.3 is 5.97 Å². The van der Waals surface area contributed by atoms with E-state index in [1.807, 2.05) is 31.3 Å². The first-order valence-electron chi connectivity index (χ1n) is 8.14. The summed E-state index contributed by atoms with van der Waals surface area (Å²) in [7, 11) is 3.89. The fourth-order valence-electron chi connectivity index (χ4n) is 2.39. The van der Waals surface area contributed by atoms with Crippen LogP contribution in [0.3, 0.4) is 0 Å². The fraction of sp³-hybridized carbons (Fsp3) is 0.588. The normalized spacial score (nSPS) is 11.0. The van der Waals surface area contributed by atoms with Crippen molar-refractivity contribution in [2.75, 3.05) is 27.3 Å². The minimum Gasteiger partial charge on any atom is -0.461 e. The molecule has 0 bridgehead atoms. The van der Waals surface area contributed by atoms with Gasteiger partial charge < -0.3 is 14.7 Å². The van der Waals surface area contributed by atoms with Crippen molar-refractivity contribution in [1.29, 1.82) is 0 Å². The number of ketones is 1. The van der Waals surface area contributed by atoms with E-state index in [0.717, 1.165) is 12.8 Å². The minimum absolute atomic E-state index is 0.148. The van der Waals surface area contributed by atoms with Crippen LogP contribution in [0.25, 0.3) is 0 Å². The maximum Gasteiger partial charge on any atom is 0.356 e. The summed E-state index contributed by atoms with van der Waals surface area (Å²) in [5, 5.41) is 13.4. The van der Waals surface area contributed by atoms with Crippen molar-refractivity contribution in [3.05, 3.63) is 29.2 Å². The summed E-state index contributed by atoms with van der Waals surface area (Å²) in [5.74, 6) is -0.708. The summed E-state index contributed by atoms with van der Waals surface area (Å²) in [4.78, 5) is 26.1. The molecule has 0 unspecified atom stereocenters. The number of aliphatic hydroxyl groups is 1. The molecule has 134 valence electrons. The van der Waals surface area contributed by atoms with Gasteiger partial charge in [0.25, 0.3) is 0 Å². The second-order valence-electron chi connectivity index (χ2n) is 5.64. The average molecular weight is 337 g/mol. The minimum atomic E-state index is -0.509. The first kappa shape index (κ1) is 19.9. The van der Waals surface area contributed by atoms with E-state index in [2.05, 4.69) is 5.10 Å². The molecule has 0 atom stereocenters. The molecule has 24 heavy (non-hydrogen) atoms. The molecule has 0 aliphatic carbocycles. The second kappa shape index (κ2) is 9.87. The van der Waals surface area contributed by atoms with Gasteiger partial charge in [0, 0.05) is 26.6 Å². The van der Waals surface area contributed by atoms with Crippen molar-refractivity contribution in [3.8, 4) is 0 Å². The Morgan fingerprint density at radius 3 is 2.62 bits per heavy atom. The van der Waals surface area contributed by atoms with E-state index in [-0.39, 0.29) is 36.9 Å².